The summed E-state index contributed by atoms with van der Waals surface area (Å²) in [7, 11) is -16.4. The molecule has 0 aromatic carbocycles. The molecule has 0 saturated carbocycles. The molecule has 4 atom stereocenters. The first-order chi connectivity index (χ1) is 14.2. The third-order valence-corrected chi connectivity index (χ3v) is 7.55. The van der Waals surface area contributed by atoms with Gasteiger partial charge in [-0.2, -0.15) is 8.62 Å². The first-order valence-electron chi connectivity index (χ1n) is 8.36. The van der Waals surface area contributed by atoms with E-state index in [9.17, 15) is 28.2 Å². The highest BCUT2D eigenvalue weighted by Gasteiger charge is 2.41. The standard InChI is InChI=1S/C12H20N3O13P3/c13-5-1-2-8-6-15(12(17)14-11(8)16)10-4-3-9(26-10)7-25-30(21,22)28-31(23,24)27-29(18,19)20/h1,5-6,9-10H,2-4,7,13H2,(H,21,22)(H,23,24)(H,14,16,17)(H2,18,19,20)/t9-,10+/m1/s1. The molecule has 1 fully saturated rings. The number of phosphoric ester groups is 1. The lowest BCUT2D eigenvalue weighted by Gasteiger charge is -2.19. The van der Waals surface area contributed by atoms with Gasteiger partial charge in [0.1, 0.15) is 6.23 Å². The zero-order chi connectivity index (χ0) is 23.4. The molecule has 1 aromatic heterocycles. The Morgan fingerprint density at radius 1 is 1.16 bits per heavy atom. The topological polar surface area (TPSA) is 250 Å². The second-order valence-corrected chi connectivity index (χ2v) is 10.5. The van der Waals surface area contributed by atoms with E-state index in [2.05, 4.69) is 18.1 Å². The van der Waals surface area contributed by atoms with Crippen molar-refractivity contribution >= 4 is 23.5 Å². The van der Waals surface area contributed by atoms with Crippen molar-refractivity contribution in [3.05, 3.63) is 44.9 Å². The van der Waals surface area contributed by atoms with Crippen LogP contribution in [0.5, 0.6) is 0 Å². The first kappa shape index (κ1) is 25.8. The van der Waals surface area contributed by atoms with Crippen LogP contribution < -0.4 is 17.0 Å². The van der Waals surface area contributed by atoms with Crippen molar-refractivity contribution in [2.75, 3.05) is 6.61 Å². The lowest BCUT2D eigenvalue weighted by atomic mass is 10.2. The number of H-pyrrole nitrogens is 1. The maximum Gasteiger partial charge on any atom is 0.490 e. The normalized spacial score (nSPS) is 23.6. The summed E-state index contributed by atoms with van der Waals surface area (Å²) in [6.45, 7) is -0.638. The van der Waals surface area contributed by atoms with Gasteiger partial charge in [0.2, 0.25) is 0 Å². The molecule has 0 aliphatic carbocycles. The summed E-state index contributed by atoms with van der Waals surface area (Å²) in [5.74, 6) is 0. The van der Waals surface area contributed by atoms with Crippen LogP contribution in [0.1, 0.15) is 24.6 Å². The quantitative estimate of drug-likeness (QED) is 0.220. The van der Waals surface area contributed by atoms with Crippen molar-refractivity contribution in [3.63, 3.8) is 0 Å². The van der Waals surface area contributed by atoms with E-state index in [0.717, 1.165) is 4.57 Å². The minimum Gasteiger partial charge on any atom is -0.405 e. The van der Waals surface area contributed by atoms with Gasteiger partial charge in [-0.05, 0) is 25.5 Å². The van der Waals surface area contributed by atoms with Crippen molar-refractivity contribution in [2.24, 2.45) is 5.73 Å². The SMILES string of the molecule is NC=CCc1cn([C@@H]2CC[C@H](COP(=O)(O)OP(=O)(O)OP(=O)(O)O)O2)c(=O)[nH]c1=O. The molecule has 1 aromatic rings. The number of aromatic nitrogens is 2. The zero-order valence-corrected chi connectivity index (χ0v) is 18.2. The number of hydrogen-bond acceptors (Lipinski definition) is 10. The van der Waals surface area contributed by atoms with E-state index < -0.39 is 53.7 Å². The predicted molar refractivity (Wildman–Crippen MR) is 101 cm³/mol. The summed E-state index contributed by atoms with van der Waals surface area (Å²) in [5, 5.41) is 0. The number of rotatable bonds is 10. The van der Waals surface area contributed by atoms with Crippen LogP contribution >= 0.6 is 23.5 Å². The van der Waals surface area contributed by atoms with Crippen molar-refractivity contribution in [1.29, 1.82) is 0 Å². The molecule has 0 spiro atoms. The lowest BCUT2D eigenvalue weighted by Crippen LogP contribution is -2.34. The van der Waals surface area contributed by atoms with Crippen LogP contribution in [-0.4, -0.2) is 41.8 Å². The predicted octanol–water partition coefficient (Wildman–Crippen LogP) is -0.428. The molecule has 176 valence electrons. The van der Waals surface area contributed by atoms with Crippen LogP contribution in [0.4, 0.5) is 0 Å². The summed E-state index contributed by atoms with van der Waals surface area (Å²) in [5.41, 5.74) is 4.13. The van der Waals surface area contributed by atoms with Gasteiger partial charge in [0.15, 0.2) is 0 Å². The van der Waals surface area contributed by atoms with Crippen molar-refractivity contribution in [2.45, 2.75) is 31.6 Å². The Balaban J connectivity index is 2.00. The third-order valence-electron chi connectivity index (χ3n) is 3.75. The fourth-order valence-electron chi connectivity index (χ4n) is 2.58. The molecule has 19 heteroatoms. The molecule has 31 heavy (non-hydrogen) atoms. The van der Waals surface area contributed by atoms with Gasteiger partial charge >= 0.3 is 29.2 Å². The number of phosphoric acid groups is 3. The highest BCUT2D eigenvalue weighted by molar-refractivity contribution is 7.66. The largest absolute Gasteiger partial charge is 0.490 e. The molecule has 2 unspecified atom stereocenters. The summed E-state index contributed by atoms with van der Waals surface area (Å²) in [6, 6.07) is 0. The number of nitrogens with zero attached hydrogens (tertiary/aromatic N) is 1. The molecule has 0 amide bonds. The van der Waals surface area contributed by atoms with Gasteiger partial charge in [-0.15, -0.1) is 0 Å². The van der Waals surface area contributed by atoms with Crippen LogP contribution in [0.25, 0.3) is 0 Å². The summed E-state index contributed by atoms with van der Waals surface area (Å²) < 4.78 is 52.0. The van der Waals surface area contributed by atoms with Gasteiger partial charge in [0.05, 0.1) is 12.7 Å². The van der Waals surface area contributed by atoms with Crippen LogP contribution in [0.15, 0.2) is 28.1 Å². The van der Waals surface area contributed by atoms with Gasteiger partial charge in [0, 0.05) is 11.8 Å². The van der Waals surface area contributed by atoms with E-state index in [1.807, 2.05) is 0 Å². The Morgan fingerprint density at radius 3 is 2.45 bits per heavy atom. The van der Waals surface area contributed by atoms with Gasteiger partial charge in [-0.3, -0.25) is 18.9 Å². The Labute approximate surface area is 173 Å². The van der Waals surface area contributed by atoms with Crippen LogP contribution in [0.2, 0.25) is 0 Å². The number of hydrogen-bond donors (Lipinski definition) is 6. The molecule has 0 bridgehead atoms. The van der Waals surface area contributed by atoms with E-state index in [1.165, 1.54) is 18.5 Å². The van der Waals surface area contributed by atoms with E-state index in [0.29, 0.717) is 0 Å². The second kappa shape index (κ2) is 10.0. The van der Waals surface area contributed by atoms with E-state index in [4.69, 9.17) is 25.2 Å². The van der Waals surface area contributed by atoms with Gasteiger partial charge in [-0.25, -0.2) is 18.5 Å². The summed E-state index contributed by atoms with van der Waals surface area (Å²) in [4.78, 5) is 61.5. The van der Waals surface area contributed by atoms with Crippen LogP contribution in [0, 0.1) is 0 Å². The van der Waals surface area contributed by atoms with E-state index >= 15 is 0 Å². The maximum atomic E-state index is 12.1. The van der Waals surface area contributed by atoms with Gasteiger partial charge < -0.3 is 30.0 Å². The molecular weight excluding hydrogens is 487 g/mol. The lowest BCUT2D eigenvalue weighted by molar-refractivity contribution is -0.0244. The minimum absolute atomic E-state index is 0.161. The molecule has 2 heterocycles. The number of aromatic amines is 1. The fourth-order valence-corrected chi connectivity index (χ4v) is 5.63. The Bertz CT molecular complexity index is 1080. The molecule has 2 rings (SSSR count). The van der Waals surface area contributed by atoms with Crippen molar-refractivity contribution in [1.82, 2.24) is 9.55 Å². The number of nitrogens with one attached hydrogen (secondary N) is 1. The van der Waals surface area contributed by atoms with Gasteiger partial charge in [0.25, 0.3) is 5.56 Å². The minimum atomic E-state index is -5.62. The molecule has 1 aliphatic heterocycles. The van der Waals surface area contributed by atoms with Crippen LogP contribution in [-0.2, 0) is 38.0 Å². The Hall–Kier alpha value is -1.41. The highest BCUT2D eigenvalue weighted by atomic mass is 31.3. The average Bonchev–Trinajstić information content (AvgIpc) is 3.05. The summed E-state index contributed by atoms with van der Waals surface area (Å²) in [6.07, 6.45) is 2.96. The highest BCUT2D eigenvalue weighted by Crippen LogP contribution is 2.66. The molecule has 1 aliphatic rings. The van der Waals surface area contributed by atoms with Gasteiger partial charge in [-0.1, -0.05) is 6.08 Å². The fraction of sp³-hybridized carbons (Fsp3) is 0.500. The average molecular weight is 507 g/mol. The number of allylic oxidation sites excluding steroid dienone is 1. The Kier molecular flexibility index (Phi) is 8.36. The molecular formula is C12H20N3O13P3. The van der Waals surface area contributed by atoms with Crippen LogP contribution in [0.3, 0.4) is 0 Å². The zero-order valence-electron chi connectivity index (χ0n) is 15.5. The van der Waals surface area contributed by atoms with Crippen molar-refractivity contribution in [3.8, 4) is 0 Å². The maximum absolute atomic E-state index is 12.1. The third kappa shape index (κ3) is 8.22. The molecule has 7 N–H and O–H groups in total. The number of ether oxygens (including phenoxy) is 1. The number of nitrogens with two attached hydrogens (primary N) is 1. The first-order valence-corrected chi connectivity index (χ1v) is 12.9. The smallest absolute Gasteiger partial charge is 0.405 e. The van der Waals surface area contributed by atoms with E-state index in [-0.39, 0.29) is 24.8 Å². The Morgan fingerprint density at radius 2 is 1.84 bits per heavy atom. The van der Waals surface area contributed by atoms with E-state index in [1.54, 1.807) is 0 Å². The second-order valence-electron chi connectivity index (χ2n) is 6.13. The summed E-state index contributed by atoms with van der Waals surface area (Å²) >= 11 is 0. The van der Waals surface area contributed by atoms with Crippen molar-refractivity contribution < 1.29 is 51.2 Å². The molecule has 1 saturated heterocycles. The monoisotopic (exact) mass is 507 g/mol. The molecule has 16 nitrogen and oxygen atoms in total. The molecule has 0 radical (unpaired) electrons.